The second kappa shape index (κ2) is 5.94. The Balaban J connectivity index is 3.08. The summed E-state index contributed by atoms with van der Waals surface area (Å²) in [5.41, 5.74) is 1.83. The molecule has 1 aromatic carbocycles. The molecule has 0 spiro atoms. The van der Waals surface area contributed by atoms with Crippen LogP contribution in [0.2, 0.25) is 0 Å². The van der Waals surface area contributed by atoms with E-state index in [-0.39, 0.29) is 5.97 Å². The summed E-state index contributed by atoms with van der Waals surface area (Å²) in [4.78, 5) is 12.8. The van der Waals surface area contributed by atoms with Crippen molar-refractivity contribution >= 4 is 17.7 Å². The molecule has 0 aliphatic heterocycles. The van der Waals surface area contributed by atoms with Crippen LogP contribution in [-0.2, 0) is 4.74 Å². The second-order valence-electron chi connectivity index (χ2n) is 3.87. The average Bonchev–Trinajstić information content (AvgIpc) is 2.28. The van der Waals surface area contributed by atoms with Crippen LogP contribution in [0.1, 0.15) is 42.6 Å². The number of benzene rings is 1. The van der Waals surface area contributed by atoms with E-state index < -0.39 is 0 Å². The minimum Gasteiger partial charge on any atom is -0.462 e. The molecular formula is C13H18O2S. The van der Waals surface area contributed by atoms with Gasteiger partial charge in [-0.15, -0.1) is 11.8 Å². The maximum Gasteiger partial charge on any atom is 0.338 e. The molecule has 0 aliphatic rings. The topological polar surface area (TPSA) is 26.3 Å². The van der Waals surface area contributed by atoms with Gasteiger partial charge in [-0.3, -0.25) is 0 Å². The predicted molar refractivity (Wildman–Crippen MR) is 68.3 cm³/mol. The largest absolute Gasteiger partial charge is 0.462 e. The van der Waals surface area contributed by atoms with Crippen LogP contribution in [0.15, 0.2) is 23.1 Å². The van der Waals surface area contributed by atoms with Crippen molar-refractivity contribution in [3.05, 3.63) is 29.3 Å². The van der Waals surface area contributed by atoms with E-state index in [0.29, 0.717) is 18.1 Å². The lowest BCUT2D eigenvalue weighted by atomic mass is 10.0. The van der Waals surface area contributed by atoms with Crippen LogP contribution in [0.25, 0.3) is 0 Å². The van der Waals surface area contributed by atoms with Gasteiger partial charge in [0.1, 0.15) is 0 Å². The van der Waals surface area contributed by atoms with Crippen LogP contribution in [0, 0.1) is 0 Å². The molecule has 1 rings (SSSR count). The zero-order valence-corrected chi connectivity index (χ0v) is 11.1. The summed E-state index contributed by atoms with van der Waals surface area (Å²) in [6, 6.07) is 5.93. The third kappa shape index (κ3) is 3.27. The van der Waals surface area contributed by atoms with Gasteiger partial charge in [0.25, 0.3) is 0 Å². The number of rotatable bonds is 4. The van der Waals surface area contributed by atoms with E-state index in [2.05, 4.69) is 19.9 Å². The molecule has 2 nitrogen and oxygen atoms in total. The quantitative estimate of drug-likeness (QED) is 0.591. The summed E-state index contributed by atoms with van der Waals surface area (Å²) in [7, 11) is 0. The van der Waals surface area contributed by atoms with Gasteiger partial charge in [0.05, 0.1) is 12.2 Å². The molecule has 0 amide bonds. The predicted octanol–water partition coefficient (Wildman–Crippen LogP) is 3.71. The fraction of sp³-hybridized carbons (Fsp3) is 0.462. The SMILES string of the molecule is CCOC(=O)c1cc(SC)cc(C(C)C)c1. The Morgan fingerprint density at radius 1 is 1.38 bits per heavy atom. The van der Waals surface area contributed by atoms with E-state index in [0.717, 1.165) is 4.90 Å². The fourth-order valence-electron chi connectivity index (χ4n) is 1.41. The number of thioether (sulfide) groups is 1. The van der Waals surface area contributed by atoms with Gasteiger partial charge >= 0.3 is 5.97 Å². The van der Waals surface area contributed by atoms with Crippen LogP contribution >= 0.6 is 11.8 Å². The Bertz CT molecular complexity index is 372. The van der Waals surface area contributed by atoms with Gasteiger partial charge < -0.3 is 4.74 Å². The molecule has 0 bridgehead atoms. The molecule has 0 N–H and O–H groups in total. The number of carbonyl (C=O) groups is 1. The van der Waals surface area contributed by atoms with Crippen molar-refractivity contribution in [3.63, 3.8) is 0 Å². The molecule has 0 fully saturated rings. The van der Waals surface area contributed by atoms with Crippen molar-refractivity contribution in [1.29, 1.82) is 0 Å². The molecule has 0 saturated carbocycles. The Kier molecular flexibility index (Phi) is 4.87. The first-order valence-corrected chi connectivity index (χ1v) is 6.67. The number of hydrogen-bond donors (Lipinski definition) is 0. The van der Waals surface area contributed by atoms with Crippen molar-refractivity contribution in [3.8, 4) is 0 Å². The molecule has 0 saturated heterocycles. The lowest BCUT2D eigenvalue weighted by Crippen LogP contribution is -2.05. The van der Waals surface area contributed by atoms with E-state index in [1.54, 1.807) is 11.8 Å². The van der Waals surface area contributed by atoms with Crippen LogP contribution in [0.4, 0.5) is 0 Å². The van der Waals surface area contributed by atoms with E-state index >= 15 is 0 Å². The molecule has 1 aromatic rings. The van der Waals surface area contributed by atoms with Gasteiger partial charge in [-0.25, -0.2) is 4.79 Å². The molecule has 0 aromatic heterocycles. The first kappa shape index (κ1) is 13.1. The minimum absolute atomic E-state index is 0.236. The van der Waals surface area contributed by atoms with Crippen LogP contribution in [0.3, 0.4) is 0 Å². The number of ether oxygens (including phenoxy) is 1. The van der Waals surface area contributed by atoms with Crippen LogP contribution in [-0.4, -0.2) is 18.8 Å². The van der Waals surface area contributed by atoms with E-state index in [4.69, 9.17) is 4.74 Å². The normalized spacial score (nSPS) is 10.6. The highest BCUT2D eigenvalue weighted by atomic mass is 32.2. The van der Waals surface area contributed by atoms with E-state index in [1.807, 2.05) is 25.3 Å². The molecule has 0 aliphatic carbocycles. The third-order valence-electron chi connectivity index (χ3n) is 2.34. The summed E-state index contributed by atoms with van der Waals surface area (Å²) in [6.45, 7) is 6.47. The Hall–Kier alpha value is -0.960. The molecule has 0 atom stereocenters. The van der Waals surface area contributed by atoms with Crippen molar-refractivity contribution < 1.29 is 9.53 Å². The molecule has 0 radical (unpaired) electrons. The lowest BCUT2D eigenvalue weighted by Gasteiger charge is -2.10. The lowest BCUT2D eigenvalue weighted by molar-refractivity contribution is 0.0526. The highest BCUT2D eigenvalue weighted by Gasteiger charge is 2.10. The first-order chi connectivity index (χ1) is 7.58. The third-order valence-corrected chi connectivity index (χ3v) is 3.05. The second-order valence-corrected chi connectivity index (χ2v) is 4.75. The van der Waals surface area contributed by atoms with E-state index in [9.17, 15) is 4.79 Å². The highest BCUT2D eigenvalue weighted by molar-refractivity contribution is 7.98. The summed E-state index contributed by atoms with van der Waals surface area (Å²) in [5, 5.41) is 0. The first-order valence-electron chi connectivity index (χ1n) is 5.44. The number of esters is 1. The number of carbonyl (C=O) groups excluding carboxylic acids is 1. The van der Waals surface area contributed by atoms with Crippen LogP contribution < -0.4 is 0 Å². The zero-order valence-electron chi connectivity index (χ0n) is 10.2. The van der Waals surface area contributed by atoms with E-state index in [1.165, 1.54) is 5.56 Å². The Labute approximate surface area is 101 Å². The molecule has 16 heavy (non-hydrogen) atoms. The standard InChI is InChI=1S/C13H18O2S/c1-5-15-13(14)11-6-10(9(2)3)7-12(8-11)16-4/h6-9H,5H2,1-4H3. The summed E-state index contributed by atoms with van der Waals surface area (Å²) in [6.07, 6.45) is 2.01. The zero-order chi connectivity index (χ0) is 12.1. The van der Waals surface area contributed by atoms with Gasteiger partial charge in [0, 0.05) is 4.90 Å². The molecule has 88 valence electrons. The molecule has 0 unspecified atom stereocenters. The monoisotopic (exact) mass is 238 g/mol. The van der Waals surface area contributed by atoms with Crippen molar-refractivity contribution in [2.75, 3.05) is 12.9 Å². The summed E-state index contributed by atoms with van der Waals surface area (Å²) >= 11 is 1.64. The van der Waals surface area contributed by atoms with Gasteiger partial charge in [-0.05, 0) is 42.9 Å². The molecule has 3 heteroatoms. The van der Waals surface area contributed by atoms with Gasteiger partial charge in [0.15, 0.2) is 0 Å². The van der Waals surface area contributed by atoms with Gasteiger partial charge in [-0.2, -0.15) is 0 Å². The van der Waals surface area contributed by atoms with Crippen molar-refractivity contribution in [2.24, 2.45) is 0 Å². The number of hydrogen-bond acceptors (Lipinski definition) is 3. The Morgan fingerprint density at radius 2 is 2.06 bits per heavy atom. The highest BCUT2D eigenvalue weighted by Crippen LogP contribution is 2.24. The van der Waals surface area contributed by atoms with Crippen molar-refractivity contribution in [2.45, 2.75) is 31.6 Å². The fourth-order valence-corrected chi connectivity index (χ4v) is 1.90. The molecule has 0 heterocycles. The maximum absolute atomic E-state index is 11.7. The average molecular weight is 238 g/mol. The Morgan fingerprint density at radius 3 is 2.56 bits per heavy atom. The molecular weight excluding hydrogens is 220 g/mol. The minimum atomic E-state index is -0.236. The van der Waals surface area contributed by atoms with Crippen molar-refractivity contribution in [1.82, 2.24) is 0 Å². The smallest absolute Gasteiger partial charge is 0.338 e. The summed E-state index contributed by atoms with van der Waals surface area (Å²) < 4.78 is 5.01. The van der Waals surface area contributed by atoms with Crippen LogP contribution in [0.5, 0.6) is 0 Å². The van der Waals surface area contributed by atoms with Gasteiger partial charge in [0.2, 0.25) is 0 Å². The maximum atomic E-state index is 11.7. The van der Waals surface area contributed by atoms with Gasteiger partial charge in [-0.1, -0.05) is 13.8 Å². The summed E-state index contributed by atoms with van der Waals surface area (Å²) in [5.74, 6) is 0.181.